The van der Waals surface area contributed by atoms with E-state index in [4.69, 9.17) is 47.0 Å². The number of amides is 1. The summed E-state index contributed by atoms with van der Waals surface area (Å²) in [4.78, 5) is 22.3. The third-order valence-corrected chi connectivity index (χ3v) is 3.89. The Morgan fingerprint density at radius 2 is 1.79 bits per heavy atom. The topological polar surface area (TPSA) is 84.3 Å². The summed E-state index contributed by atoms with van der Waals surface area (Å²) in [6.45, 7) is 0. The number of nitro benzene ring substituents is 1. The van der Waals surface area contributed by atoms with Crippen molar-refractivity contribution in [3.8, 4) is 0 Å². The van der Waals surface area contributed by atoms with Gasteiger partial charge in [0.25, 0.3) is 11.6 Å². The summed E-state index contributed by atoms with van der Waals surface area (Å²) in [6.07, 6.45) is 0. The molecule has 0 aliphatic rings. The summed E-state index contributed by atoms with van der Waals surface area (Å²) in [5.74, 6) is -0.560. The maximum absolute atomic E-state index is 12.1. The molecule has 124 valence electrons. The molecule has 0 aliphatic heterocycles. The Hall–Kier alpha value is -1.93. The number of benzene rings is 2. The third kappa shape index (κ3) is 4.55. The molecule has 2 N–H and O–H groups in total. The average Bonchev–Trinajstić information content (AvgIpc) is 2.48. The molecule has 1 amide bonds. The van der Waals surface area contributed by atoms with Crippen LogP contribution in [0.2, 0.25) is 15.1 Å². The normalized spacial score (nSPS) is 10.1. The minimum Gasteiger partial charge on any atom is -0.331 e. The van der Waals surface area contributed by atoms with Gasteiger partial charge in [0.2, 0.25) is 0 Å². The van der Waals surface area contributed by atoms with Crippen LogP contribution in [0.4, 0.5) is 11.4 Å². The molecule has 0 aliphatic carbocycles. The fourth-order valence-electron chi connectivity index (χ4n) is 1.72. The molecule has 0 radical (unpaired) electrons. The first-order valence-electron chi connectivity index (χ1n) is 6.29. The predicted molar refractivity (Wildman–Crippen MR) is 98.3 cm³/mol. The number of nitro groups is 1. The van der Waals surface area contributed by atoms with E-state index in [-0.39, 0.29) is 32.1 Å². The van der Waals surface area contributed by atoms with E-state index in [0.29, 0.717) is 5.02 Å². The van der Waals surface area contributed by atoms with E-state index in [1.807, 2.05) is 0 Å². The van der Waals surface area contributed by atoms with E-state index in [2.05, 4.69) is 10.6 Å². The van der Waals surface area contributed by atoms with Gasteiger partial charge in [-0.15, -0.1) is 0 Å². The van der Waals surface area contributed by atoms with Crippen molar-refractivity contribution >= 4 is 69.4 Å². The SMILES string of the molecule is O=C(NC(=S)Nc1cc([N+](=O)[O-])ccc1Cl)c1ccc(Cl)cc1Cl. The highest BCUT2D eigenvalue weighted by molar-refractivity contribution is 7.80. The van der Waals surface area contributed by atoms with Gasteiger partial charge in [0.1, 0.15) is 0 Å². The van der Waals surface area contributed by atoms with Crippen LogP contribution in [0, 0.1) is 10.1 Å². The van der Waals surface area contributed by atoms with E-state index in [9.17, 15) is 14.9 Å². The van der Waals surface area contributed by atoms with Gasteiger partial charge in [-0.2, -0.15) is 0 Å². The summed E-state index contributed by atoms with van der Waals surface area (Å²) in [7, 11) is 0. The molecule has 0 atom stereocenters. The lowest BCUT2D eigenvalue weighted by Gasteiger charge is -2.11. The van der Waals surface area contributed by atoms with Crippen molar-refractivity contribution in [2.75, 3.05) is 5.32 Å². The number of rotatable bonds is 3. The van der Waals surface area contributed by atoms with Gasteiger partial charge in [-0.1, -0.05) is 34.8 Å². The van der Waals surface area contributed by atoms with Gasteiger partial charge in [0.05, 0.1) is 26.2 Å². The van der Waals surface area contributed by atoms with Crippen molar-refractivity contribution in [1.29, 1.82) is 0 Å². The molecule has 10 heteroatoms. The minimum absolute atomic E-state index is 0.0894. The lowest BCUT2D eigenvalue weighted by molar-refractivity contribution is -0.384. The third-order valence-electron chi connectivity index (χ3n) is 2.81. The fourth-order valence-corrected chi connectivity index (χ4v) is 2.58. The van der Waals surface area contributed by atoms with Gasteiger partial charge < -0.3 is 5.32 Å². The van der Waals surface area contributed by atoms with E-state index in [1.54, 1.807) is 0 Å². The molecule has 0 spiro atoms. The largest absolute Gasteiger partial charge is 0.331 e. The van der Waals surface area contributed by atoms with Crippen LogP contribution >= 0.6 is 47.0 Å². The summed E-state index contributed by atoms with van der Waals surface area (Å²) in [5.41, 5.74) is 0.200. The summed E-state index contributed by atoms with van der Waals surface area (Å²) in [5, 5.41) is 16.5. The van der Waals surface area contributed by atoms with Gasteiger partial charge >= 0.3 is 0 Å². The molecule has 0 bridgehead atoms. The van der Waals surface area contributed by atoms with Crippen LogP contribution in [0.3, 0.4) is 0 Å². The van der Waals surface area contributed by atoms with Crippen LogP contribution in [0.15, 0.2) is 36.4 Å². The van der Waals surface area contributed by atoms with Crippen LogP contribution in [0.25, 0.3) is 0 Å². The number of hydrogen-bond acceptors (Lipinski definition) is 4. The monoisotopic (exact) mass is 403 g/mol. The molecule has 0 saturated carbocycles. The zero-order valence-electron chi connectivity index (χ0n) is 11.7. The number of halogens is 3. The van der Waals surface area contributed by atoms with E-state index in [1.165, 1.54) is 36.4 Å². The molecule has 6 nitrogen and oxygen atoms in total. The number of thiocarbonyl (C=S) groups is 1. The van der Waals surface area contributed by atoms with E-state index >= 15 is 0 Å². The standard InChI is InChI=1S/C14H8Cl3N3O3S/c15-7-1-3-9(11(17)5-7)13(21)19-14(24)18-12-6-8(20(22)23)2-4-10(12)16/h1-6H,(H2,18,19,21,24). The fraction of sp³-hybridized carbons (Fsp3) is 0. The van der Waals surface area contributed by atoms with Crippen molar-refractivity contribution in [1.82, 2.24) is 5.32 Å². The number of hydrogen-bond donors (Lipinski definition) is 2. The molecule has 0 fully saturated rings. The maximum Gasteiger partial charge on any atom is 0.271 e. The van der Waals surface area contributed by atoms with Crippen LogP contribution in [0.1, 0.15) is 10.4 Å². The first-order chi connectivity index (χ1) is 11.3. The van der Waals surface area contributed by atoms with Gasteiger partial charge in [0, 0.05) is 17.2 Å². The molecule has 0 aromatic heterocycles. The molecule has 0 unspecified atom stereocenters. The molecular formula is C14H8Cl3N3O3S. The number of non-ortho nitro benzene ring substituents is 1. The van der Waals surface area contributed by atoms with Crippen LogP contribution in [0.5, 0.6) is 0 Å². The minimum atomic E-state index is -0.573. The zero-order valence-corrected chi connectivity index (χ0v) is 14.8. The average molecular weight is 405 g/mol. The zero-order chi connectivity index (χ0) is 17.9. The second kappa shape index (κ2) is 7.76. The number of nitrogens with zero attached hydrogens (tertiary/aromatic N) is 1. The predicted octanol–water partition coefficient (Wildman–Crippen LogP) is 4.68. The second-order valence-electron chi connectivity index (χ2n) is 4.45. The molecule has 0 saturated heterocycles. The molecule has 2 rings (SSSR count). The Kier molecular flexibility index (Phi) is 5.95. The first kappa shape index (κ1) is 18.4. The Labute approximate surface area is 156 Å². The van der Waals surface area contributed by atoms with Gasteiger partial charge in [-0.05, 0) is 36.5 Å². The number of carbonyl (C=O) groups excluding carboxylic acids is 1. The molecule has 0 heterocycles. The number of anilines is 1. The van der Waals surface area contributed by atoms with Crippen molar-refractivity contribution < 1.29 is 9.72 Å². The van der Waals surface area contributed by atoms with Gasteiger partial charge in [0.15, 0.2) is 5.11 Å². The lowest BCUT2D eigenvalue weighted by Crippen LogP contribution is -2.34. The number of nitrogens with one attached hydrogen (secondary N) is 2. The Bertz CT molecular complexity index is 845. The van der Waals surface area contributed by atoms with Crippen molar-refractivity contribution in [2.24, 2.45) is 0 Å². The molecule has 2 aromatic carbocycles. The highest BCUT2D eigenvalue weighted by atomic mass is 35.5. The number of carbonyl (C=O) groups is 1. The van der Waals surface area contributed by atoms with E-state index in [0.717, 1.165) is 0 Å². The molecule has 24 heavy (non-hydrogen) atoms. The van der Waals surface area contributed by atoms with Gasteiger partial charge in [-0.3, -0.25) is 20.2 Å². The quantitative estimate of drug-likeness (QED) is 0.441. The van der Waals surface area contributed by atoms with Crippen molar-refractivity contribution in [3.05, 3.63) is 67.1 Å². The summed E-state index contributed by atoms with van der Waals surface area (Å²) >= 11 is 22.7. The van der Waals surface area contributed by atoms with E-state index < -0.39 is 10.8 Å². The highest BCUT2D eigenvalue weighted by Crippen LogP contribution is 2.26. The summed E-state index contributed by atoms with van der Waals surface area (Å²) < 4.78 is 0. The Balaban J connectivity index is 2.12. The van der Waals surface area contributed by atoms with Crippen LogP contribution < -0.4 is 10.6 Å². The van der Waals surface area contributed by atoms with Gasteiger partial charge in [-0.25, -0.2) is 0 Å². The molecular weight excluding hydrogens is 397 g/mol. The second-order valence-corrected chi connectivity index (χ2v) is 6.11. The maximum atomic E-state index is 12.1. The van der Waals surface area contributed by atoms with Crippen molar-refractivity contribution in [3.63, 3.8) is 0 Å². The summed E-state index contributed by atoms with van der Waals surface area (Å²) in [6, 6.07) is 8.19. The van der Waals surface area contributed by atoms with Crippen molar-refractivity contribution in [2.45, 2.75) is 0 Å². The van der Waals surface area contributed by atoms with Crippen LogP contribution in [-0.2, 0) is 0 Å². The first-order valence-corrected chi connectivity index (χ1v) is 7.83. The Morgan fingerprint density at radius 3 is 2.42 bits per heavy atom. The van der Waals surface area contributed by atoms with Crippen LogP contribution in [-0.4, -0.2) is 15.9 Å². The Morgan fingerprint density at radius 1 is 1.08 bits per heavy atom. The highest BCUT2D eigenvalue weighted by Gasteiger charge is 2.14. The smallest absolute Gasteiger partial charge is 0.271 e. The lowest BCUT2D eigenvalue weighted by atomic mass is 10.2. The molecule has 2 aromatic rings.